The Labute approximate surface area is 268 Å². The van der Waals surface area contributed by atoms with Crippen molar-refractivity contribution in [3.8, 4) is 11.5 Å². The van der Waals surface area contributed by atoms with Gasteiger partial charge in [0, 0.05) is 42.2 Å². The number of methoxy groups -OCH3 is 1. The number of hydrogen-bond acceptors (Lipinski definition) is 6. The molecule has 4 aromatic rings. The first kappa shape index (κ1) is 29.3. The number of imide groups is 2. The standard InChI is InChI=1S/C38H35N3O5/c1-3-46-34-23-28(45-2)15-14-26(34)20-33-36(42)39-38(44)41(37(33)43)27-21-31-29(24-10-6-4-7-11-24)16-18-40-19-17-30(32(22-27)35(31)40)25-12-8-5-9-13-25/h4-15,20-23,29-30H,3,16-19H2,1-2H3,(H,39,42,44)/b33-20+/t29-,30-/m1/s1. The van der Waals surface area contributed by atoms with Crippen molar-refractivity contribution in [2.45, 2.75) is 31.6 Å². The van der Waals surface area contributed by atoms with Gasteiger partial charge in [0.05, 0.1) is 19.4 Å². The smallest absolute Gasteiger partial charge is 0.335 e. The molecular formula is C38H35N3O5. The fraction of sp³-hybridized carbons (Fsp3) is 0.237. The lowest BCUT2D eigenvalue weighted by Crippen LogP contribution is -2.54. The summed E-state index contributed by atoms with van der Waals surface area (Å²) in [5, 5.41) is 2.41. The summed E-state index contributed by atoms with van der Waals surface area (Å²) in [7, 11) is 1.56. The van der Waals surface area contributed by atoms with E-state index in [4.69, 9.17) is 9.47 Å². The molecule has 2 atom stereocenters. The molecule has 0 radical (unpaired) electrons. The molecule has 8 nitrogen and oxygen atoms in total. The van der Waals surface area contributed by atoms with Crippen molar-refractivity contribution in [2.75, 3.05) is 36.6 Å². The van der Waals surface area contributed by atoms with Gasteiger partial charge in [0.25, 0.3) is 11.8 Å². The summed E-state index contributed by atoms with van der Waals surface area (Å²) < 4.78 is 11.1. The first-order valence-corrected chi connectivity index (χ1v) is 15.7. The van der Waals surface area contributed by atoms with Crippen LogP contribution in [0, 0.1) is 0 Å². The first-order valence-electron chi connectivity index (χ1n) is 15.7. The van der Waals surface area contributed by atoms with E-state index < -0.39 is 17.8 Å². The molecule has 4 amide bonds. The van der Waals surface area contributed by atoms with E-state index in [-0.39, 0.29) is 17.4 Å². The lowest BCUT2D eigenvalue weighted by Gasteiger charge is -2.44. The maximum absolute atomic E-state index is 14.2. The van der Waals surface area contributed by atoms with Crippen molar-refractivity contribution in [3.63, 3.8) is 0 Å². The predicted octanol–water partition coefficient (Wildman–Crippen LogP) is 6.64. The van der Waals surface area contributed by atoms with Crippen molar-refractivity contribution < 1.29 is 23.9 Å². The Hall–Kier alpha value is -5.37. The third-order valence-electron chi connectivity index (χ3n) is 9.18. The number of ether oxygens (including phenoxy) is 2. The molecule has 0 aromatic heterocycles. The fourth-order valence-electron chi connectivity index (χ4n) is 7.06. The number of rotatable bonds is 7. The monoisotopic (exact) mass is 613 g/mol. The molecule has 0 bridgehead atoms. The second-order valence-electron chi connectivity index (χ2n) is 11.8. The summed E-state index contributed by atoms with van der Waals surface area (Å²) in [5.41, 5.74) is 6.55. The topological polar surface area (TPSA) is 88.2 Å². The molecule has 0 aliphatic carbocycles. The molecule has 0 saturated carbocycles. The summed E-state index contributed by atoms with van der Waals surface area (Å²) >= 11 is 0. The van der Waals surface area contributed by atoms with Crippen LogP contribution in [0.1, 0.15) is 59.4 Å². The molecule has 1 N–H and O–H groups in total. The number of urea groups is 1. The Balaban J connectivity index is 1.37. The van der Waals surface area contributed by atoms with Crippen LogP contribution in [0.4, 0.5) is 16.2 Å². The maximum atomic E-state index is 14.2. The van der Waals surface area contributed by atoms with Crippen LogP contribution in [0.3, 0.4) is 0 Å². The molecular weight excluding hydrogens is 578 g/mol. The number of barbiturate groups is 1. The zero-order chi connectivity index (χ0) is 31.8. The first-order chi connectivity index (χ1) is 22.5. The number of nitrogens with one attached hydrogen (secondary N) is 1. The zero-order valence-electron chi connectivity index (χ0n) is 25.9. The largest absolute Gasteiger partial charge is 0.497 e. The highest BCUT2D eigenvalue weighted by molar-refractivity contribution is 6.39. The Morgan fingerprint density at radius 1 is 0.826 bits per heavy atom. The summed E-state index contributed by atoms with van der Waals surface area (Å²) in [6.07, 6.45) is 3.31. The Morgan fingerprint density at radius 3 is 2.00 bits per heavy atom. The number of anilines is 2. The van der Waals surface area contributed by atoms with Crippen molar-refractivity contribution in [1.29, 1.82) is 0 Å². The van der Waals surface area contributed by atoms with Gasteiger partial charge in [0.1, 0.15) is 17.1 Å². The van der Waals surface area contributed by atoms with E-state index in [1.165, 1.54) is 22.9 Å². The molecule has 8 heteroatoms. The van der Waals surface area contributed by atoms with Crippen molar-refractivity contribution in [3.05, 3.63) is 124 Å². The van der Waals surface area contributed by atoms with Crippen LogP contribution >= 0.6 is 0 Å². The predicted molar refractivity (Wildman–Crippen MR) is 178 cm³/mol. The summed E-state index contributed by atoms with van der Waals surface area (Å²) in [5.74, 6) is -0.205. The van der Waals surface area contributed by atoms with Gasteiger partial charge in [-0.25, -0.2) is 9.69 Å². The molecule has 1 fully saturated rings. The van der Waals surface area contributed by atoms with E-state index in [9.17, 15) is 14.4 Å². The van der Waals surface area contributed by atoms with Gasteiger partial charge in [0.2, 0.25) is 0 Å². The zero-order valence-corrected chi connectivity index (χ0v) is 25.9. The van der Waals surface area contributed by atoms with Gasteiger partial charge < -0.3 is 14.4 Å². The average molecular weight is 614 g/mol. The quantitative estimate of drug-likeness (QED) is 0.186. The minimum atomic E-state index is -0.768. The van der Waals surface area contributed by atoms with Gasteiger partial charge in [-0.05, 0) is 72.4 Å². The van der Waals surface area contributed by atoms with E-state index in [2.05, 4.69) is 34.5 Å². The van der Waals surface area contributed by atoms with Gasteiger partial charge in [-0.2, -0.15) is 0 Å². The third kappa shape index (κ3) is 5.19. The SMILES string of the molecule is CCOc1cc(OC)ccc1/C=C1\C(=O)NC(=O)N(c2cc3c4c(c2)[C@@H](c2ccccc2)CCN4CC[C@@H]3c2ccccc2)C1=O. The summed E-state index contributed by atoms with van der Waals surface area (Å²) in [4.78, 5) is 44.4. The molecule has 0 unspecified atom stereocenters. The fourth-order valence-corrected chi connectivity index (χ4v) is 7.06. The summed E-state index contributed by atoms with van der Waals surface area (Å²) in [6.45, 7) is 4.09. The minimum absolute atomic E-state index is 0.0910. The van der Waals surface area contributed by atoms with Gasteiger partial charge >= 0.3 is 6.03 Å². The molecule has 7 rings (SSSR count). The highest BCUT2D eigenvalue weighted by Crippen LogP contribution is 2.50. The number of benzene rings is 4. The van der Waals surface area contributed by atoms with E-state index in [1.807, 2.05) is 55.5 Å². The van der Waals surface area contributed by atoms with Crippen LogP contribution < -0.4 is 24.6 Å². The molecule has 3 heterocycles. The highest BCUT2D eigenvalue weighted by Gasteiger charge is 2.40. The van der Waals surface area contributed by atoms with Gasteiger partial charge in [0.15, 0.2) is 0 Å². The normalized spacial score (nSPS) is 20.0. The summed E-state index contributed by atoms with van der Waals surface area (Å²) in [6, 6.07) is 29.1. The number of amides is 4. The Bertz CT molecular complexity index is 1780. The minimum Gasteiger partial charge on any atom is -0.497 e. The van der Waals surface area contributed by atoms with Crippen LogP contribution in [0.15, 0.2) is 96.6 Å². The molecule has 232 valence electrons. The third-order valence-corrected chi connectivity index (χ3v) is 9.18. The second-order valence-corrected chi connectivity index (χ2v) is 11.8. The Kier molecular flexibility index (Phi) is 7.78. The number of carbonyl (C=O) groups excluding carboxylic acids is 3. The van der Waals surface area contributed by atoms with E-state index in [1.54, 1.807) is 25.3 Å². The number of hydrogen-bond donors (Lipinski definition) is 1. The number of nitrogens with zero attached hydrogens (tertiary/aromatic N) is 2. The van der Waals surface area contributed by atoms with Crippen molar-refractivity contribution in [1.82, 2.24) is 5.32 Å². The molecule has 4 aromatic carbocycles. The molecule has 1 saturated heterocycles. The Morgan fingerprint density at radius 2 is 1.43 bits per heavy atom. The average Bonchev–Trinajstić information content (AvgIpc) is 3.08. The lowest BCUT2D eigenvalue weighted by atomic mass is 9.76. The van der Waals surface area contributed by atoms with E-state index >= 15 is 0 Å². The van der Waals surface area contributed by atoms with Gasteiger partial charge in [-0.15, -0.1) is 0 Å². The van der Waals surface area contributed by atoms with Crippen LogP contribution in [-0.4, -0.2) is 44.7 Å². The highest BCUT2D eigenvalue weighted by atomic mass is 16.5. The molecule has 46 heavy (non-hydrogen) atoms. The van der Waals surface area contributed by atoms with Crippen LogP contribution in [0.5, 0.6) is 11.5 Å². The van der Waals surface area contributed by atoms with E-state index in [0.29, 0.717) is 29.4 Å². The van der Waals surface area contributed by atoms with Crippen molar-refractivity contribution >= 4 is 35.3 Å². The van der Waals surface area contributed by atoms with Crippen LogP contribution in [-0.2, 0) is 9.59 Å². The van der Waals surface area contributed by atoms with Gasteiger partial charge in [-0.3, -0.25) is 14.9 Å². The maximum Gasteiger partial charge on any atom is 0.335 e. The number of carbonyl (C=O) groups is 3. The van der Waals surface area contributed by atoms with Crippen LogP contribution in [0.25, 0.3) is 6.08 Å². The molecule has 3 aliphatic rings. The lowest BCUT2D eigenvalue weighted by molar-refractivity contribution is -0.122. The van der Waals surface area contributed by atoms with Gasteiger partial charge in [-0.1, -0.05) is 60.7 Å². The van der Waals surface area contributed by atoms with Crippen LogP contribution in [0.2, 0.25) is 0 Å². The second kappa shape index (κ2) is 12.2. The molecule has 3 aliphatic heterocycles. The van der Waals surface area contributed by atoms with Crippen molar-refractivity contribution in [2.24, 2.45) is 0 Å². The van der Waals surface area contributed by atoms with E-state index in [0.717, 1.165) is 42.0 Å². The molecule has 0 spiro atoms.